The molecule has 2 aliphatic rings. The summed E-state index contributed by atoms with van der Waals surface area (Å²) in [6.45, 7) is 1.78. The summed E-state index contributed by atoms with van der Waals surface area (Å²) in [5.74, 6) is -0.361. The summed E-state index contributed by atoms with van der Waals surface area (Å²) in [6, 6.07) is 24.4. The summed E-state index contributed by atoms with van der Waals surface area (Å²) in [5, 5.41) is 9.88. The van der Waals surface area contributed by atoms with Gasteiger partial charge < -0.3 is 20.1 Å². The molecule has 2 N–H and O–H groups in total. The third-order valence-electron chi connectivity index (χ3n) is 8.59. The summed E-state index contributed by atoms with van der Waals surface area (Å²) < 4.78 is 10.9. The standard InChI is InChI=1S/C36H39N3O4/c40-35(27-9-11-28(12-10-27)36(41)43-24-32-7-3-19-42-32)21-25-4-1-5-26(20-25)22-38-30-13-15-31(16-14-30)39-34-8-2-6-29-23-37-18-17-33(29)34/h1-2,4-6,8-12,17-18,20,23,30-32,38-39H,3,7,13-16,19,21-22,24H2. The van der Waals surface area contributed by atoms with E-state index < -0.39 is 0 Å². The van der Waals surface area contributed by atoms with E-state index in [1.165, 1.54) is 16.6 Å². The molecule has 1 atom stereocenters. The number of anilines is 1. The van der Waals surface area contributed by atoms with Crippen molar-refractivity contribution in [1.82, 2.24) is 10.3 Å². The van der Waals surface area contributed by atoms with Gasteiger partial charge in [-0.3, -0.25) is 9.78 Å². The Morgan fingerprint density at radius 3 is 2.44 bits per heavy atom. The number of rotatable bonds is 11. The lowest BCUT2D eigenvalue weighted by molar-refractivity contribution is 0.0161. The Labute approximate surface area is 253 Å². The van der Waals surface area contributed by atoms with Crippen molar-refractivity contribution >= 4 is 28.2 Å². The lowest BCUT2D eigenvalue weighted by atomic mass is 9.90. The van der Waals surface area contributed by atoms with Gasteiger partial charge in [-0.1, -0.05) is 48.5 Å². The molecule has 43 heavy (non-hydrogen) atoms. The van der Waals surface area contributed by atoms with Crippen LogP contribution in [0.2, 0.25) is 0 Å². The van der Waals surface area contributed by atoms with Crippen LogP contribution in [-0.2, 0) is 22.4 Å². The predicted molar refractivity (Wildman–Crippen MR) is 168 cm³/mol. The van der Waals surface area contributed by atoms with Gasteiger partial charge in [0.1, 0.15) is 6.61 Å². The van der Waals surface area contributed by atoms with Crippen LogP contribution in [0, 0.1) is 0 Å². The Morgan fingerprint density at radius 2 is 1.63 bits per heavy atom. The molecule has 6 rings (SSSR count). The number of benzene rings is 3. The van der Waals surface area contributed by atoms with E-state index in [0.29, 0.717) is 29.6 Å². The molecular weight excluding hydrogens is 538 g/mol. The number of hydrogen-bond donors (Lipinski definition) is 2. The topological polar surface area (TPSA) is 89.6 Å². The highest BCUT2D eigenvalue weighted by Crippen LogP contribution is 2.27. The molecule has 1 saturated carbocycles. The molecule has 0 amide bonds. The van der Waals surface area contributed by atoms with Gasteiger partial charge in [0.25, 0.3) is 0 Å². The monoisotopic (exact) mass is 577 g/mol. The smallest absolute Gasteiger partial charge is 0.338 e. The summed E-state index contributed by atoms with van der Waals surface area (Å²) in [7, 11) is 0. The van der Waals surface area contributed by atoms with Gasteiger partial charge in [0.2, 0.25) is 0 Å². The third kappa shape index (κ3) is 7.66. The SMILES string of the molecule is O=C(Cc1cccc(CNC2CCC(Nc3cccc4cnccc34)CC2)c1)c1ccc(C(=O)OCC2CCCO2)cc1. The van der Waals surface area contributed by atoms with E-state index in [0.717, 1.165) is 62.6 Å². The fourth-order valence-electron chi connectivity index (χ4n) is 6.13. The van der Waals surface area contributed by atoms with E-state index in [2.05, 4.69) is 52.0 Å². The number of nitrogens with zero attached hydrogens (tertiary/aromatic N) is 1. The molecule has 7 heteroatoms. The Hall–Kier alpha value is -4.07. The maximum atomic E-state index is 13.0. The summed E-state index contributed by atoms with van der Waals surface area (Å²) in [6.07, 6.45) is 10.5. The minimum Gasteiger partial charge on any atom is -0.459 e. The van der Waals surface area contributed by atoms with Crippen LogP contribution in [0.15, 0.2) is 85.2 Å². The van der Waals surface area contributed by atoms with E-state index in [1.807, 2.05) is 24.5 Å². The van der Waals surface area contributed by atoms with E-state index in [-0.39, 0.29) is 24.5 Å². The molecule has 2 heterocycles. The molecule has 3 aromatic carbocycles. The number of hydrogen-bond acceptors (Lipinski definition) is 7. The fourth-order valence-corrected chi connectivity index (χ4v) is 6.13. The van der Waals surface area contributed by atoms with Gasteiger partial charge in [-0.2, -0.15) is 0 Å². The first-order valence-corrected chi connectivity index (χ1v) is 15.4. The quantitative estimate of drug-likeness (QED) is 0.155. The molecule has 1 aromatic heterocycles. The van der Waals surface area contributed by atoms with Gasteiger partial charge in [0.05, 0.1) is 11.7 Å². The van der Waals surface area contributed by atoms with Gasteiger partial charge in [-0.15, -0.1) is 0 Å². The average molecular weight is 578 g/mol. The molecule has 0 spiro atoms. The van der Waals surface area contributed by atoms with Crippen LogP contribution >= 0.6 is 0 Å². The van der Waals surface area contributed by atoms with Gasteiger partial charge in [0, 0.05) is 66.1 Å². The maximum absolute atomic E-state index is 13.0. The Morgan fingerprint density at radius 1 is 0.860 bits per heavy atom. The van der Waals surface area contributed by atoms with Gasteiger partial charge >= 0.3 is 5.97 Å². The highest BCUT2D eigenvalue weighted by Gasteiger charge is 2.22. The van der Waals surface area contributed by atoms with Crippen LogP contribution in [0.3, 0.4) is 0 Å². The number of fused-ring (bicyclic) bond motifs is 1. The van der Waals surface area contributed by atoms with Crippen LogP contribution in [0.5, 0.6) is 0 Å². The number of carbonyl (C=O) groups is 2. The maximum Gasteiger partial charge on any atom is 0.338 e. The van der Waals surface area contributed by atoms with Crippen LogP contribution in [-0.4, -0.2) is 48.1 Å². The van der Waals surface area contributed by atoms with Crippen molar-refractivity contribution in [2.24, 2.45) is 0 Å². The zero-order valence-corrected chi connectivity index (χ0v) is 24.5. The van der Waals surface area contributed by atoms with E-state index in [9.17, 15) is 9.59 Å². The Balaban J connectivity index is 0.952. The molecule has 1 saturated heterocycles. The van der Waals surface area contributed by atoms with Crippen molar-refractivity contribution in [3.8, 4) is 0 Å². The van der Waals surface area contributed by atoms with Crippen LogP contribution < -0.4 is 10.6 Å². The average Bonchev–Trinajstić information content (AvgIpc) is 3.58. The number of nitrogens with one attached hydrogen (secondary N) is 2. The third-order valence-corrected chi connectivity index (χ3v) is 8.59. The zero-order valence-electron chi connectivity index (χ0n) is 24.5. The molecule has 0 bridgehead atoms. The minimum atomic E-state index is -0.387. The second-order valence-corrected chi connectivity index (χ2v) is 11.7. The number of ether oxygens (including phenoxy) is 2. The summed E-state index contributed by atoms with van der Waals surface area (Å²) in [4.78, 5) is 29.6. The number of pyridine rings is 1. The van der Waals surface area contributed by atoms with E-state index >= 15 is 0 Å². The lowest BCUT2D eigenvalue weighted by Gasteiger charge is -2.30. The number of aromatic nitrogens is 1. The predicted octanol–water partition coefficient (Wildman–Crippen LogP) is 6.51. The lowest BCUT2D eigenvalue weighted by Crippen LogP contribution is -2.36. The molecule has 1 aliphatic carbocycles. The molecule has 4 aromatic rings. The Bertz CT molecular complexity index is 1530. The van der Waals surface area contributed by atoms with Crippen molar-refractivity contribution in [3.63, 3.8) is 0 Å². The number of Topliss-reactive ketones (excluding diaryl/α,β-unsaturated/α-hetero) is 1. The number of ketones is 1. The molecule has 222 valence electrons. The van der Waals surface area contributed by atoms with Gasteiger partial charge in [0.15, 0.2) is 5.78 Å². The highest BCUT2D eigenvalue weighted by molar-refractivity contribution is 5.99. The second kappa shape index (κ2) is 13.9. The first-order valence-electron chi connectivity index (χ1n) is 15.4. The molecule has 1 unspecified atom stereocenters. The number of carbonyl (C=O) groups excluding carboxylic acids is 2. The van der Waals surface area contributed by atoms with Crippen LogP contribution in [0.1, 0.15) is 70.4 Å². The number of esters is 1. The van der Waals surface area contributed by atoms with Crippen molar-refractivity contribution in [1.29, 1.82) is 0 Å². The summed E-state index contributed by atoms with van der Waals surface area (Å²) in [5.41, 5.74) is 4.39. The summed E-state index contributed by atoms with van der Waals surface area (Å²) >= 11 is 0. The van der Waals surface area contributed by atoms with Crippen molar-refractivity contribution in [2.75, 3.05) is 18.5 Å². The first kappa shape index (κ1) is 29.0. The Kier molecular flexibility index (Phi) is 9.40. The molecule has 1 aliphatic heterocycles. The molecule has 2 fully saturated rings. The first-order chi connectivity index (χ1) is 21.1. The van der Waals surface area contributed by atoms with Crippen LogP contribution in [0.4, 0.5) is 5.69 Å². The van der Waals surface area contributed by atoms with E-state index in [1.54, 1.807) is 24.3 Å². The van der Waals surface area contributed by atoms with Crippen molar-refractivity contribution in [2.45, 2.75) is 69.7 Å². The molecule has 7 nitrogen and oxygen atoms in total. The van der Waals surface area contributed by atoms with Crippen molar-refractivity contribution < 1.29 is 19.1 Å². The minimum absolute atomic E-state index is 0.00676. The van der Waals surface area contributed by atoms with Crippen LogP contribution in [0.25, 0.3) is 10.8 Å². The molecule has 0 radical (unpaired) electrons. The molecular formula is C36H39N3O4. The normalized spacial score (nSPS) is 20.1. The highest BCUT2D eigenvalue weighted by atomic mass is 16.6. The second-order valence-electron chi connectivity index (χ2n) is 11.7. The zero-order chi connectivity index (χ0) is 29.4. The van der Waals surface area contributed by atoms with E-state index in [4.69, 9.17) is 9.47 Å². The van der Waals surface area contributed by atoms with Gasteiger partial charge in [-0.25, -0.2) is 4.79 Å². The van der Waals surface area contributed by atoms with Crippen molar-refractivity contribution in [3.05, 3.63) is 107 Å². The fraction of sp³-hybridized carbons (Fsp3) is 0.361. The van der Waals surface area contributed by atoms with Gasteiger partial charge in [-0.05, 0) is 73.9 Å². The largest absolute Gasteiger partial charge is 0.459 e.